The summed E-state index contributed by atoms with van der Waals surface area (Å²) in [5.41, 5.74) is 0.832. The van der Waals surface area contributed by atoms with Gasteiger partial charge >= 0.3 is 6.18 Å². The number of halogens is 3. The first-order valence-corrected chi connectivity index (χ1v) is 11.7. The maximum absolute atomic E-state index is 12.9. The van der Waals surface area contributed by atoms with Crippen LogP contribution < -0.4 is 10.1 Å². The molecule has 7 heteroatoms. The number of alkyl halides is 3. The highest BCUT2D eigenvalue weighted by molar-refractivity contribution is 5.91. The van der Waals surface area contributed by atoms with E-state index < -0.39 is 11.7 Å². The Labute approximate surface area is 198 Å². The quantitative estimate of drug-likeness (QED) is 0.602. The molecule has 4 rings (SSSR count). The maximum Gasteiger partial charge on any atom is 0.416 e. The van der Waals surface area contributed by atoms with Gasteiger partial charge in [-0.1, -0.05) is 24.3 Å². The number of likely N-dealkylation sites (tertiary alicyclic amines) is 1. The molecule has 34 heavy (non-hydrogen) atoms. The lowest BCUT2D eigenvalue weighted by Crippen LogP contribution is -2.55. The Morgan fingerprint density at radius 1 is 1.18 bits per heavy atom. The highest BCUT2D eigenvalue weighted by Gasteiger charge is 2.47. The first kappa shape index (κ1) is 24.3. The second kappa shape index (κ2) is 9.82. The number of rotatable bonds is 5. The Morgan fingerprint density at radius 3 is 2.74 bits per heavy atom. The van der Waals surface area contributed by atoms with Crippen molar-refractivity contribution in [3.63, 3.8) is 0 Å². The van der Waals surface area contributed by atoms with E-state index in [2.05, 4.69) is 29.4 Å². The van der Waals surface area contributed by atoms with Crippen LogP contribution in [0.5, 0.6) is 5.75 Å². The maximum atomic E-state index is 12.9. The third kappa shape index (κ3) is 5.30. The van der Waals surface area contributed by atoms with Crippen molar-refractivity contribution in [2.24, 2.45) is 5.92 Å². The number of hydrogen-bond acceptors (Lipinski definition) is 3. The van der Waals surface area contributed by atoms with Gasteiger partial charge in [0.15, 0.2) is 0 Å². The van der Waals surface area contributed by atoms with E-state index in [9.17, 15) is 18.0 Å². The molecule has 0 bridgehead atoms. The summed E-state index contributed by atoms with van der Waals surface area (Å²) in [6.45, 7) is 2.01. The van der Waals surface area contributed by atoms with Crippen LogP contribution in [0.15, 0.2) is 54.6 Å². The van der Waals surface area contributed by atoms with Crippen molar-refractivity contribution in [3.05, 3.63) is 71.3 Å². The van der Waals surface area contributed by atoms with Gasteiger partial charge in [0.05, 0.1) is 12.7 Å². The fourth-order valence-corrected chi connectivity index (χ4v) is 5.61. The number of methoxy groups -OCH3 is 1. The molecule has 3 atom stereocenters. The van der Waals surface area contributed by atoms with Gasteiger partial charge < -0.3 is 15.0 Å². The molecule has 4 nitrogen and oxygen atoms in total. The molecule has 1 heterocycles. The van der Waals surface area contributed by atoms with Crippen LogP contribution in [0.4, 0.5) is 13.2 Å². The minimum absolute atomic E-state index is 0.00418. The van der Waals surface area contributed by atoms with E-state index in [1.54, 1.807) is 13.2 Å². The lowest BCUT2D eigenvalue weighted by Gasteiger charge is -2.52. The SMILES string of the molecule is COc1cccc(C23CCN(C)CC2CCC(NC(=O)C=Cc2cccc(C(F)(F)F)c2)C3)c1. The first-order valence-electron chi connectivity index (χ1n) is 11.7. The van der Waals surface area contributed by atoms with Gasteiger partial charge in [-0.2, -0.15) is 13.2 Å². The molecule has 2 fully saturated rings. The second-order valence-corrected chi connectivity index (χ2v) is 9.54. The number of nitrogens with zero attached hydrogens (tertiary/aromatic N) is 1. The number of carbonyl (C=O) groups excluding carboxylic acids is 1. The Balaban J connectivity index is 1.49. The van der Waals surface area contributed by atoms with Gasteiger partial charge in [-0.3, -0.25) is 4.79 Å². The molecule has 2 aromatic carbocycles. The van der Waals surface area contributed by atoms with Gasteiger partial charge in [-0.05, 0) is 86.7 Å². The van der Waals surface area contributed by atoms with Gasteiger partial charge in [-0.15, -0.1) is 0 Å². The summed E-state index contributed by atoms with van der Waals surface area (Å²) < 4.78 is 44.3. The first-order chi connectivity index (χ1) is 16.2. The molecule has 1 saturated heterocycles. The standard InChI is InChI=1S/C27H31F3N2O2/c1-32-14-13-26(20-6-4-8-24(16-20)34-2)17-23(11-10-22(26)18-32)31-25(33)12-9-19-5-3-7-21(15-19)27(28,29)30/h3-9,12,15-16,22-23H,10-11,13-14,17-18H2,1-2H3,(H,31,33). The summed E-state index contributed by atoms with van der Waals surface area (Å²) in [6, 6.07) is 13.2. The predicted octanol–water partition coefficient (Wildman–Crippen LogP) is 5.29. The average Bonchev–Trinajstić information content (AvgIpc) is 2.82. The molecule has 1 saturated carbocycles. The molecule has 1 aliphatic heterocycles. The van der Waals surface area contributed by atoms with Gasteiger partial charge in [0, 0.05) is 24.1 Å². The summed E-state index contributed by atoms with van der Waals surface area (Å²) >= 11 is 0. The van der Waals surface area contributed by atoms with Crippen LogP contribution in [0.1, 0.15) is 42.4 Å². The summed E-state index contributed by atoms with van der Waals surface area (Å²) in [4.78, 5) is 15.0. The van der Waals surface area contributed by atoms with E-state index in [0.717, 1.165) is 56.7 Å². The van der Waals surface area contributed by atoms with Gasteiger partial charge in [0.25, 0.3) is 0 Å². The Kier molecular flexibility index (Phi) is 7.03. The summed E-state index contributed by atoms with van der Waals surface area (Å²) in [6.07, 6.45) is 2.08. The number of nitrogens with one attached hydrogen (secondary N) is 1. The van der Waals surface area contributed by atoms with E-state index in [1.165, 1.54) is 23.8 Å². The number of piperidine rings is 1. The molecule has 1 N–H and O–H groups in total. The minimum atomic E-state index is -4.41. The third-order valence-corrected chi connectivity index (χ3v) is 7.36. The van der Waals surface area contributed by atoms with E-state index in [-0.39, 0.29) is 17.4 Å². The molecular formula is C27H31F3N2O2. The summed E-state index contributed by atoms with van der Waals surface area (Å²) in [5, 5.41) is 3.11. The zero-order valence-electron chi connectivity index (χ0n) is 19.6. The lowest BCUT2D eigenvalue weighted by atomic mass is 9.58. The summed E-state index contributed by atoms with van der Waals surface area (Å²) in [5.74, 6) is 1.04. The second-order valence-electron chi connectivity index (χ2n) is 9.54. The smallest absolute Gasteiger partial charge is 0.416 e. The molecule has 2 aromatic rings. The number of benzene rings is 2. The van der Waals surface area contributed by atoms with E-state index in [0.29, 0.717) is 11.5 Å². The van der Waals surface area contributed by atoms with Crippen LogP contribution in [0.25, 0.3) is 6.08 Å². The van der Waals surface area contributed by atoms with Crippen molar-refractivity contribution < 1.29 is 22.7 Å². The van der Waals surface area contributed by atoms with Crippen molar-refractivity contribution in [2.45, 2.75) is 43.3 Å². The molecule has 182 valence electrons. The fourth-order valence-electron chi connectivity index (χ4n) is 5.61. The number of amides is 1. The Morgan fingerprint density at radius 2 is 1.97 bits per heavy atom. The van der Waals surface area contributed by atoms with Crippen LogP contribution in [-0.4, -0.2) is 44.1 Å². The van der Waals surface area contributed by atoms with Crippen LogP contribution in [0.2, 0.25) is 0 Å². The highest BCUT2D eigenvalue weighted by atomic mass is 19.4. The number of ether oxygens (including phenoxy) is 1. The van der Waals surface area contributed by atoms with Crippen molar-refractivity contribution in [1.82, 2.24) is 10.2 Å². The Hall–Kier alpha value is -2.80. The molecule has 1 aliphatic carbocycles. The number of fused-ring (bicyclic) bond motifs is 1. The van der Waals surface area contributed by atoms with Crippen molar-refractivity contribution in [1.29, 1.82) is 0 Å². The number of hydrogen-bond donors (Lipinski definition) is 1. The van der Waals surface area contributed by atoms with E-state index >= 15 is 0 Å². The average molecular weight is 473 g/mol. The van der Waals surface area contributed by atoms with Gasteiger partial charge in [-0.25, -0.2) is 0 Å². The van der Waals surface area contributed by atoms with Crippen molar-refractivity contribution in [3.8, 4) is 5.75 Å². The molecule has 0 aromatic heterocycles. The zero-order valence-corrected chi connectivity index (χ0v) is 19.6. The van der Waals surface area contributed by atoms with Crippen molar-refractivity contribution in [2.75, 3.05) is 27.2 Å². The number of carbonyl (C=O) groups is 1. The molecule has 1 amide bonds. The molecule has 0 radical (unpaired) electrons. The van der Waals surface area contributed by atoms with Crippen LogP contribution in [0, 0.1) is 5.92 Å². The largest absolute Gasteiger partial charge is 0.497 e. The lowest BCUT2D eigenvalue weighted by molar-refractivity contribution is -0.137. The molecular weight excluding hydrogens is 441 g/mol. The van der Waals surface area contributed by atoms with Gasteiger partial charge in [0.2, 0.25) is 5.91 Å². The monoisotopic (exact) mass is 472 g/mol. The summed E-state index contributed by atoms with van der Waals surface area (Å²) in [7, 11) is 3.82. The van der Waals surface area contributed by atoms with Crippen LogP contribution in [0.3, 0.4) is 0 Å². The van der Waals surface area contributed by atoms with E-state index in [4.69, 9.17) is 4.74 Å². The normalized spacial score (nSPS) is 25.7. The Bertz CT molecular complexity index is 1050. The third-order valence-electron chi connectivity index (χ3n) is 7.36. The van der Waals surface area contributed by atoms with E-state index in [1.807, 2.05) is 12.1 Å². The minimum Gasteiger partial charge on any atom is -0.497 e. The molecule has 3 unspecified atom stereocenters. The molecule has 0 spiro atoms. The highest BCUT2D eigenvalue weighted by Crippen LogP contribution is 2.49. The van der Waals surface area contributed by atoms with Crippen LogP contribution >= 0.6 is 0 Å². The zero-order chi connectivity index (χ0) is 24.3. The fraction of sp³-hybridized carbons (Fsp3) is 0.444. The van der Waals surface area contributed by atoms with Crippen molar-refractivity contribution >= 4 is 12.0 Å². The predicted molar refractivity (Wildman–Crippen MR) is 127 cm³/mol. The molecule has 2 aliphatic rings. The van der Waals surface area contributed by atoms with Gasteiger partial charge in [0.1, 0.15) is 5.75 Å². The van der Waals surface area contributed by atoms with Crippen LogP contribution in [-0.2, 0) is 16.4 Å². The topological polar surface area (TPSA) is 41.6 Å².